The molecule has 2 atom stereocenters. The van der Waals surface area contributed by atoms with E-state index in [1.165, 1.54) is 32.4 Å². The van der Waals surface area contributed by atoms with Gasteiger partial charge in [0.25, 0.3) is 12.3 Å². The quantitative estimate of drug-likeness (QED) is 0.212. The van der Waals surface area contributed by atoms with Gasteiger partial charge < -0.3 is 14.8 Å². The normalized spacial score (nSPS) is 15.3. The summed E-state index contributed by atoms with van der Waals surface area (Å²) in [6, 6.07) is 12.8. The van der Waals surface area contributed by atoms with E-state index in [4.69, 9.17) is 4.74 Å². The molecule has 1 heterocycles. The van der Waals surface area contributed by atoms with E-state index in [1.807, 2.05) is 0 Å². The number of carbonyl (C=O) groups is 1. The number of nitrogens with one attached hydrogen (secondary N) is 1. The number of allylic oxidation sites excluding steroid dienone is 1. The van der Waals surface area contributed by atoms with Crippen molar-refractivity contribution in [2.75, 3.05) is 18.5 Å². The van der Waals surface area contributed by atoms with Crippen molar-refractivity contribution in [1.29, 1.82) is 0 Å². The molecule has 0 saturated carbocycles. The van der Waals surface area contributed by atoms with Gasteiger partial charge in [-0.2, -0.15) is 8.78 Å². The van der Waals surface area contributed by atoms with Crippen molar-refractivity contribution in [3.63, 3.8) is 0 Å². The number of rotatable bonds is 11. The molecule has 0 fully saturated rings. The summed E-state index contributed by atoms with van der Waals surface area (Å²) in [6.07, 6.45) is -0.485. The number of ether oxygens (including phenoxy) is 2. The van der Waals surface area contributed by atoms with Crippen molar-refractivity contribution in [1.82, 2.24) is 14.8 Å². The van der Waals surface area contributed by atoms with Crippen LogP contribution in [0.4, 0.5) is 27.6 Å². The van der Waals surface area contributed by atoms with Gasteiger partial charge in [0.2, 0.25) is 5.41 Å². The Bertz CT molecular complexity index is 1380. The number of nitrogens with zero attached hydrogens (tertiary/aromatic N) is 3. The molecule has 1 aliphatic carbocycles. The lowest BCUT2D eigenvalue weighted by Gasteiger charge is -2.20. The van der Waals surface area contributed by atoms with E-state index >= 15 is 0 Å². The van der Waals surface area contributed by atoms with Crippen molar-refractivity contribution in [2.45, 2.75) is 37.7 Å². The maximum absolute atomic E-state index is 13.6. The van der Waals surface area contributed by atoms with E-state index in [1.54, 1.807) is 48.6 Å². The first-order valence-corrected chi connectivity index (χ1v) is 12.7. The molecule has 7 nitrogen and oxygen atoms in total. The Morgan fingerprint density at radius 1 is 1.12 bits per heavy atom. The Hall–Kier alpha value is -3.63. The number of carbonyl (C=O) groups excluding carboxylic acids is 1. The van der Waals surface area contributed by atoms with E-state index in [0.29, 0.717) is 53.7 Å². The van der Waals surface area contributed by atoms with Crippen LogP contribution < -0.4 is 10.1 Å². The highest BCUT2D eigenvalue weighted by molar-refractivity contribution is 7.18. The fraction of sp³-hybridized carbons (Fsp3) is 0.296. The standard InChI is InChI=1S/C27H26F5N4O3P/c1-26(30,31)39-22-11-9-21(10-12-22)36-16-33-23(35-36)18-5-7-20(8-6-18)34-24(37)19-4-2-3-17(13-19)14-38-15-27(32,40)25(28)29/h4-13,16,25H,2-3,14-15,40H2,1H3,(H,34,37). The third-order valence-electron chi connectivity index (χ3n) is 5.72. The summed E-state index contributed by atoms with van der Waals surface area (Å²) in [5.74, 6) is 0.0706. The Balaban J connectivity index is 1.34. The van der Waals surface area contributed by atoms with Crippen LogP contribution >= 0.6 is 9.24 Å². The molecule has 0 aliphatic heterocycles. The van der Waals surface area contributed by atoms with Crippen LogP contribution in [-0.2, 0) is 9.53 Å². The minimum absolute atomic E-state index is 0.0201. The van der Waals surface area contributed by atoms with E-state index in [0.717, 1.165) is 0 Å². The molecule has 13 heteroatoms. The van der Waals surface area contributed by atoms with Gasteiger partial charge in [0.1, 0.15) is 12.1 Å². The molecule has 3 aromatic rings. The van der Waals surface area contributed by atoms with Crippen LogP contribution in [0.2, 0.25) is 0 Å². The largest absolute Gasteiger partial charge is 0.433 e. The maximum atomic E-state index is 13.6. The van der Waals surface area contributed by atoms with Crippen LogP contribution in [0.5, 0.6) is 5.75 Å². The van der Waals surface area contributed by atoms with Crippen LogP contribution in [-0.4, -0.2) is 51.8 Å². The third kappa shape index (κ3) is 7.95. The average molecular weight is 580 g/mol. The summed E-state index contributed by atoms with van der Waals surface area (Å²) in [4.78, 5) is 17.0. The predicted molar refractivity (Wildman–Crippen MR) is 142 cm³/mol. The number of halogens is 5. The first-order valence-electron chi connectivity index (χ1n) is 12.1. The van der Waals surface area contributed by atoms with Crippen LogP contribution in [0.1, 0.15) is 19.8 Å². The first-order chi connectivity index (χ1) is 18.9. The smallest absolute Gasteiger partial charge is 0.394 e. The number of amides is 1. The van der Waals surface area contributed by atoms with E-state index in [2.05, 4.69) is 20.1 Å². The van der Waals surface area contributed by atoms with Gasteiger partial charge in [-0.05, 0) is 73.0 Å². The number of hydrogen-bond acceptors (Lipinski definition) is 5. The van der Waals surface area contributed by atoms with E-state index in [9.17, 15) is 26.7 Å². The van der Waals surface area contributed by atoms with Gasteiger partial charge in [0.05, 0.1) is 18.9 Å². The zero-order valence-corrected chi connectivity index (χ0v) is 22.4. The van der Waals surface area contributed by atoms with Crippen LogP contribution in [0.25, 0.3) is 17.1 Å². The fourth-order valence-electron chi connectivity index (χ4n) is 3.74. The zero-order chi connectivity index (χ0) is 28.9. The Kier molecular flexibility index (Phi) is 9.00. The number of alkyl halides is 5. The molecule has 2 aromatic carbocycles. The topological polar surface area (TPSA) is 78.3 Å². The molecule has 1 aromatic heterocycles. The van der Waals surface area contributed by atoms with Gasteiger partial charge in [-0.25, -0.2) is 22.8 Å². The number of hydrogen-bond donors (Lipinski definition) is 1. The molecule has 40 heavy (non-hydrogen) atoms. The lowest BCUT2D eigenvalue weighted by Crippen LogP contribution is -2.30. The molecular weight excluding hydrogens is 554 g/mol. The summed E-state index contributed by atoms with van der Waals surface area (Å²) >= 11 is 0. The molecule has 0 saturated heterocycles. The highest BCUT2D eigenvalue weighted by Crippen LogP contribution is 2.29. The molecule has 1 amide bonds. The highest BCUT2D eigenvalue weighted by atomic mass is 31.0. The van der Waals surface area contributed by atoms with Crippen LogP contribution in [0, 0.1) is 0 Å². The van der Waals surface area contributed by atoms with Crippen molar-refractivity contribution in [3.05, 3.63) is 78.2 Å². The zero-order valence-electron chi connectivity index (χ0n) is 21.3. The van der Waals surface area contributed by atoms with E-state index in [-0.39, 0.29) is 18.3 Å². The number of aromatic nitrogens is 3. The number of anilines is 1. The molecule has 2 unspecified atom stereocenters. The second-order valence-electron chi connectivity index (χ2n) is 9.17. The lowest BCUT2D eigenvalue weighted by molar-refractivity contribution is -0.158. The Morgan fingerprint density at radius 3 is 2.48 bits per heavy atom. The third-order valence-corrected chi connectivity index (χ3v) is 6.13. The maximum Gasteiger partial charge on any atom is 0.394 e. The van der Waals surface area contributed by atoms with Crippen molar-refractivity contribution in [3.8, 4) is 22.8 Å². The number of benzene rings is 2. The summed E-state index contributed by atoms with van der Waals surface area (Å²) in [6.45, 7) is -0.178. The predicted octanol–water partition coefficient (Wildman–Crippen LogP) is 6.33. The molecular formula is C27H26F5N4O3P. The van der Waals surface area contributed by atoms with Crippen LogP contribution in [0.3, 0.4) is 0 Å². The second kappa shape index (κ2) is 12.3. The lowest BCUT2D eigenvalue weighted by atomic mass is 9.99. The fourth-order valence-corrected chi connectivity index (χ4v) is 3.86. The SMILES string of the molecule is CC(F)(F)Oc1ccc(-n2cnc(-c3ccc(NC(=O)C4=CCCC(COCC(F)(P)C(F)F)=C4)cc3)n2)cc1. The second-order valence-corrected chi connectivity index (χ2v) is 10.1. The first kappa shape index (κ1) is 29.4. The van der Waals surface area contributed by atoms with E-state index < -0.39 is 24.6 Å². The molecule has 0 spiro atoms. The molecule has 4 rings (SSSR count). The van der Waals surface area contributed by atoms with Crippen LogP contribution in [0.15, 0.2) is 78.2 Å². The summed E-state index contributed by atoms with van der Waals surface area (Å²) in [5, 5.41) is 4.39. The molecule has 0 bridgehead atoms. The summed E-state index contributed by atoms with van der Waals surface area (Å²) in [7, 11) is 1.47. The average Bonchev–Trinajstić information content (AvgIpc) is 3.39. The minimum atomic E-state index is -3.28. The molecule has 212 valence electrons. The highest BCUT2D eigenvalue weighted by Gasteiger charge is 2.35. The van der Waals surface area contributed by atoms with Crippen molar-refractivity contribution in [2.24, 2.45) is 0 Å². The Morgan fingerprint density at radius 2 is 1.82 bits per heavy atom. The van der Waals surface area contributed by atoms with Gasteiger partial charge in [-0.1, -0.05) is 15.3 Å². The van der Waals surface area contributed by atoms with Gasteiger partial charge in [-0.3, -0.25) is 4.79 Å². The summed E-state index contributed by atoms with van der Waals surface area (Å²) < 4.78 is 76.0. The molecule has 1 N–H and O–H groups in total. The monoisotopic (exact) mass is 580 g/mol. The van der Waals surface area contributed by atoms with Gasteiger partial charge in [-0.15, -0.1) is 5.10 Å². The van der Waals surface area contributed by atoms with Gasteiger partial charge in [0, 0.05) is 23.7 Å². The molecule has 0 radical (unpaired) electrons. The summed E-state index contributed by atoms with van der Waals surface area (Å²) in [5.41, 5.74) is 2.89. The van der Waals surface area contributed by atoms with Gasteiger partial charge >= 0.3 is 6.11 Å². The Labute approximate surface area is 229 Å². The minimum Gasteiger partial charge on any atom is -0.433 e. The van der Waals surface area contributed by atoms with Crippen molar-refractivity contribution < 1.29 is 36.2 Å². The molecule has 1 aliphatic rings. The van der Waals surface area contributed by atoms with Gasteiger partial charge in [0.15, 0.2) is 5.82 Å². The van der Waals surface area contributed by atoms with Crippen molar-refractivity contribution >= 4 is 20.8 Å².